The number of aliphatic imine (C=N–C) groups is 1. The number of nitrogens with zero attached hydrogens (tertiary/aromatic N) is 4. The molecule has 1 atom stereocenters. The lowest BCUT2D eigenvalue weighted by molar-refractivity contribution is 0.0827. The van der Waals surface area contributed by atoms with Gasteiger partial charge in [0.1, 0.15) is 5.69 Å². The summed E-state index contributed by atoms with van der Waals surface area (Å²) in [5.41, 5.74) is 3.84. The summed E-state index contributed by atoms with van der Waals surface area (Å²) in [5, 5.41) is 2.37. The number of hydrogen-bond acceptors (Lipinski definition) is 4. The quantitative estimate of drug-likeness (QED) is 0.403. The van der Waals surface area contributed by atoms with Crippen LogP contribution in [0.1, 0.15) is 38.7 Å². The molecule has 6 rings (SSSR count). The van der Waals surface area contributed by atoms with Gasteiger partial charge in [0.05, 0.1) is 18.2 Å². The van der Waals surface area contributed by atoms with Crippen molar-refractivity contribution in [3.63, 3.8) is 0 Å². The molecular weight excluding hydrogens is 408 g/mol. The topological polar surface area (TPSA) is 32.4 Å². The van der Waals surface area contributed by atoms with Crippen molar-refractivity contribution >= 4 is 39.7 Å². The first kappa shape index (κ1) is 20.1. The second-order valence-electron chi connectivity index (χ2n) is 9.89. The van der Waals surface area contributed by atoms with E-state index in [0.717, 1.165) is 41.2 Å². The molecule has 0 aliphatic carbocycles. The van der Waals surface area contributed by atoms with Gasteiger partial charge in [-0.25, -0.2) is 4.85 Å². The normalized spacial score (nSPS) is 22.7. The van der Waals surface area contributed by atoms with Gasteiger partial charge in [-0.2, -0.15) is 0 Å². The molecule has 3 aliphatic heterocycles. The van der Waals surface area contributed by atoms with Crippen LogP contribution in [-0.4, -0.2) is 32.1 Å². The number of rotatable bonds is 1. The number of piperidine rings is 1. The van der Waals surface area contributed by atoms with Crippen molar-refractivity contribution in [3.8, 4) is 5.75 Å². The lowest BCUT2D eigenvalue weighted by Crippen LogP contribution is -2.61. The molecule has 0 radical (unpaired) electrons. The summed E-state index contributed by atoms with van der Waals surface area (Å²) in [4.78, 5) is 13.4. The fourth-order valence-electron chi connectivity index (χ4n) is 5.89. The zero-order valence-corrected chi connectivity index (χ0v) is 19.4. The Morgan fingerprint density at radius 3 is 2.48 bits per heavy atom. The average molecular weight is 437 g/mol. The minimum atomic E-state index is -0.759. The molecule has 3 aromatic carbocycles. The van der Waals surface area contributed by atoms with Crippen molar-refractivity contribution in [2.75, 3.05) is 29.9 Å². The van der Waals surface area contributed by atoms with E-state index in [2.05, 4.69) is 65.9 Å². The van der Waals surface area contributed by atoms with Crippen LogP contribution in [0.4, 0.5) is 22.7 Å². The van der Waals surface area contributed by atoms with Crippen LogP contribution in [0.5, 0.6) is 5.75 Å². The Hall–Kier alpha value is -3.52. The Morgan fingerprint density at radius 2 is 1.73 bits per heavy atom. The summed E-state index contributed by atoms with van der Waals surface area (Å²) in [6.07, 6.45) is 5.72. The predicted molar refractivity (Wildman–Crippen MR) is 136 cm³/mol. The predicted octanol–water partition coefficient (Wildman–Crippen LogP) is 6.60. The maximum Gasteiger partial charge on any atom is 0.228 e. The molecule has 0 saturated carbocycles. The standard InChI is InChI=1S/C28H28N4O/c1-27(2)22-16-19(29-3)12-13-23(22)31(4)28(27)18-30-26-21-11-7-6-10-20(21)24(17-25(26)33-28)32-14-8-5-9-15-32/h6-7,10-13,16-18H,5,8-9,14-15H2,1-2,4H3. The molecule has 1 saturated heterocycles. The molecule has 3 aromatic rings. The second kappa shape index (κ2) is 6.99. The molecule has 3 heterocycles. The van der Waals surface area contributed by atoms with Crippen LogP contribution in [0.3, 0.4) is 0 Å². The van der Waals surface area contributed by atoms with Crippen molar-refractivity contribution in [3.05, 3.63) is 65.5 Å². The van der Waals surface area contributed by atoms with E-state index < -0.39 is 11.1 Å². The Morgan fingerprint density at radius 1 is 0.970 bits per heavy atom. The zero-order chi connectivity index (χ0) is 22.8. The Bertz CT molecular complexity index is 1350. The first-order chi connectivity index (χ1) is 16.0. The molecule has 0 bridgehead atoms. The number of anilines is 2. The highest BCUT2D eigenvalue weighted by atomic mass is 16.5. The molecule has 0 aromatic heterocycles. The van der Waals surface area contributed by atoms with Gasteiger partial charge in [-0.3, -0.25) is 4.99 Å². The van der Waals surface area contributed by atoms with Gasteiger partial charge in [-0.15, -0.1) is 0 Å². The molecule has 166 valence electrons. The molecule has 1 unspecified atom stereocenters. The Balaban J connectivity index is 1.52. The number of ether oxygens (including phenoxy) is 1. The van der Waals surface area contributed by atoms with Crippen LogP contribution in [-0.2, 0) is 5.41 Å². The van der Waals surface area contributed by atoms with Gasteiger partial charge in [0.15, 0.2) is 11.4 Å². The maximum atomic E-state index is 7.47. The zero-order valence-electron chi connectivity index (χ0n) is 19.4. The number of likely N-dealkylation sites (N-methyl/N-ethyl adjacent to an activating group) is 1. The molecule has 1 spiro atoms. The van der Waals surface area contributed by atoms with E-state index in [-0.39, 0.29) is 0 Å². The molecular formula is C28H28N4O. The summed E-state index contributed by atoms with van der Waals surface area (Å²) >= 11 is 0. The number of hydrogen-bond donors (Lipinski definition) is 0. The van der Waals surface area contributed by atoms with E-state index >= 15 is 0 Å². The number of fused-ring (bicyclic) bond motifs is 4. The molecule has 5 heteroatoms. The van der Waals surface area contributed by atoms with E-state index in [4.69, 9.17) is 16.3 Å². The van der Waals surface area contributed by atoms with Crippen LogP contribution in [0.15, 0.2) is 53.5 Å². The van der Waals surface area contributed by atoms with Crippen LogP contribution >= 0.6 is 0 Å². The van der Waals surface area contributed by atoms with E-state index in [0.29, 0.717) is 5.69 Å². The monoisotopic (exact) mass is 436 g/mol. The lowest BCUT2D eigenvalue weighted by Gasteiger charge is -2.45. The maximum absolute atomic E-state index is 7.47. The van der Waals surface area contributed by atoms with E-state index in [1.807, 2.05) is 24.4 Å². The summed E-state index contributed by atoms with van der Waals surface area (Å²) in [6, 6.07) is 16.7. The Kier molecular flexibility index (Phi) is 4.26. The molecule has 1 fully saturated rings. The van der Waals surface area contributed by atoms with Crippen LogP contribution in [0.25, 0.3) is 15.6 Å². The van der Waals surface area contributed by atoms with Gasteiger partial charge in [0, 0.05) is 48.4 Å². The van der Waals surface area contributed by atoms with Gasteiger partial charge in [-0.1, -0.05) is 36.4 Å². The van der Waals surface area contributed by atoms with Gasteiger partial charge >= 0.3 is 0 Å². The summed E-state index contributed by atoms with van der Waals surface area (Å²) in [5.74, 6) is 0.829. The van der Waals surface area contributed by atoms with E-state index in [1.54, 1.807) is 0 Å². The van der Waals surface area contributed by atoms with Crippen molar-refractivity contribution in [1.29, 1.82) is 0 Å². The van der Waals surface area contributed by atoms with Crippen LogP contribution in [0.2, 0.25) is 0 Å². The fourth-order valence-corrected chi connectivity index (χ4v) is 5.89. The fraction of sp³-hybridized carbons (Fsp3) is 0.357. The van der Waals surface area contributed by atoms with Gasteiger partial charge in [0.2, 0.25) is 5.72 Å². The van der Waals surface area contributed by atoms with E-state index in [1.165, 1.54) is 30.3 Å². The van der Waals surface area contributed by atoms with Gasteiger partial charge < -0.3 is 14.5 Å². The van der Waals surface area contributed by atoms with Crippen molar-refractivity contribution < 1.29 is 4.74 Å². The van der Waals surface area contributed by atoms with Gasteiger partial charge in [-0.05, 0) is 44.7 Å². The highest BCUT2D eigenvalue weighted by molar-refractivity contribution is 6.06. The van der Waals surface area contributed by atoms with Crippen molar-refractivity contribution in [2.45, 2.75) is 44.2 Å². The molecule has 5 nitrogen and oxygen atoms in total. The SMILES string of the molecule is [C-]#[N+]c1ccc2c(c1)C(C)(C)C1(C=Nc3c(cc(N4CCCCC4)c4ccccc34)O1)N2C. The van der Waals surface area contributed by atoms with E-state index in [9.17, 15) is 0 Å². The third-order valence-corrected chi connectivity index (χ3v) is 7.83. The summed E-state index contributed by atoms with van der Waals surface area (Å²) in [6.45, 7) is 14.0. The first-order valence-corrected chi connectivity index (χ1v) is 11.8. The molecule has 0 N–H and O–H groups in total. The van der Waals surface area contributed by atoms with Crippen molar-refractivity contribution in [2.24, 2.45) is 4.99 Å². The molecule has 33 heavy (non-hydrogen) atoms. The molecule has 3 aliphatic rings. The summed E-state index contributed by atoms with van der Waals surface area (Å²) in [7, 11) is 2.06. The number of benzene rings is 3. The highest BCUT2D eigenvalue weighted by Crippen LogP contribution is 2.55. The van der Waals surface area contributed by atoms with Crippen LogP contribution < -0.4 is 14.5 Å². The van der Waals surface area contributed by atoms with Crippen LogP contribution in [0, 0.1) is 6.57 Å². The lowest BCUT2D eigenvalue weighted by atomic mass is 9.77. The highest BCUT2D eigenvalue weighted by Gasteiger charge is 2.58. The average Bonchev–Trinajstić information content (AvgIpc) is 3.01. The minimum absolute atomic E-state index is 0.393. The third kappa shape index (κ3) is 2.67. The minimum Gasteiger partial charge on any atom is -0.459 e. The summed E-state index contributed by atoms with van der Waals surface area (Å²) < 4.78 is 6.98. The third-order valence-electron chi connectivity index (χ3n) is 7.83. The molecule has 0 amide bonds. The first-order valence-electron chi connectivity index (χ1n) is 11.8. The Labute approximate surface area is 195 Å². The largest absolute Gasteiger partial charge is 0.459 e. The smallest absolute Gasteiger partial charge is 0.228 e. The van der Waals surface area contributed by atoms with Crippen molar-refractivity contribution in [1.82, 2.24) is 0 Å². The van der Waals surface area contributed by atoms with Gasteiger partial charge in [0.25, 0.3) is 0 Å². The second-order valence-corrected chi connectivity index (χ2v) is 9.89.